The summed E-state index contributed by atoms with van der Waals surface area (Å²) in [5.74, 6) is 6.80. The van der Waals surface area contributed by atoms with E-state index in [2.05, 4.69) is 15.5 Å². The molecule has 0 aliphatic heterocycles. The molecule has 0 fully saturated rings. The maximum atomic E-state index is 12.4. The van der Waals surface area contributed by atoms with Crippen LogP contribution >= 0.6 is 11.8 Å². The second kappa shape index (κ2) is 7.74. The molecule has 0 saturated carbocycles. The van der Waals surface area contributed by atoms with Gasteiger partial charge >= 0.3 is 0 Å². The summed E-state index contributed by atoms with van der Waals surface area (Å²) in [7, 11) is 0. The molecule has 4 rings (SSSR count). The fourth-order valence-corrected chi connectivity index (χ4v) is 3.69. The average Bonchev–Trinajstić information content (AvgIpc) is 3.07. The zero-order valence-electron chi connectivity index (χ0n) is 15.3. The van der Waals surface area contributed by atoms with Crippen LogP contribution in [-0.4, -0.2) is 26.5 Å². The zero-order valence-corrected chi connectivity index (χ0v) is 16.1. The molecule has 0 atom stereocenters. The minimum atomic E-state index is -0.123. The van der Waals surface area contributed by atoms with E-state index < -0.39 is 0 Å². The van der Waals surface area contributed by atoms with E-state index in [0.29, 0.717) is 11.0 Å². The first-order chi connectivity index (χ1) is 13.6. The summed E-state index contributed by atoms with van der Waals surface area (Å²) >= 11 is 1.25. The van der Waals surface area contributed by atoms with E-state index in [1.54, 1.807) is 0 Å². The van der Waals surface area contributed by atoms with Gasteiger partial charge < -0.3 is 11.2 Å². The van der Waals surface area contributed by atoms with E-state index in [9.17, 15) is 4.79 Å². The molecule has 0 unspecified atom stereocenters. The van der Waals surface area contributed by atoms with Crippen molar-refractivity contribution in [1.29, 1.82) is 0 Å². The number of nitrogens with two attached hydrogens (primary N) is 1. The van der Waals surface area contributed by atoms with Crippen LogP contribution in [-0.2, 0) is 4.79 Å². The van der Waals surface area contributed by atoms with Gasteiger partial charge in [-0.05, 0) is 23.9 Å². The third-order valence-corrected chi connectivity index (χ3v) is 5.39. The Bertz CT molecular complexity index is 1150. The number of amides is 1. The molecule has 0 spiro atoms. The molecule has 0 saturated heterocycles. The Hall–Kier alpha value is -3.32. The van der Waals surface area contributed by atoms with Gasteiger partial charge in [-0.25, -0.2) is 4.68 Å². The first kappa shape index (κ1) is 18.1. The van der Waals surface area contributed by atoms with Crippen molar-refractivity contribution in [3.63, 3.8) is 0 Å². The first-order valence-corrected chi connectivity index (χ1v) is 9.79. The van der Waals surface area contributed by atoms with E-state index in [0.717, 1.165) is 27.6 Å². The van der Waals surface area contributed by atoms with Crippen LogP contribution in [0.1, 0.15) is 5.56 Å². The molecule has 28 heavy (non-hydrogen) atoms. The molecular formula is C21H19N5OS. The van der Waals surface area contributed by atoms with Crippen LogP contribution in [0.25, 0.3) is 22.2 Å². The number of aromatic nitrogens is 3. The van der Waals surface area contributed by atoms with Gasteiger partial charge in [0.2, 0.25) is 11.1 Å². The molecule has 0 aliphatic carbocycles. The van der Waals surface area contributed by atoms with Gasteiger partial charge in [-0.2, -0.15) is 0 Å². The smallest absolute Gasteiger partial charge is 0.234 e. The minimum Gasteiger partial charge on any atom is -0.335 e. The second-order valence-corrected chi connectivity index (χ2v) is 7.30. The Morgan fingerprint density at radius 3 is 2.64 bits per heavy atom. The van der Waals surface area contributed by atoms with Crippen molar-refractivity contribution in [1.82, 2.24) is 14.9 Å². The van der Waals surface area contributed by atoms with Gasteiger partial charge in [-0.15, -0.1) is 10.2 Å². The Morgan fingerprint density at radius 1 is 1.04 bits per heavy atom. The predicted molar refractivity (Wildman–Crippen MR) is 114 cm³/mol. The predicted octanol–water partition coefficient (Wildman–Crippen LogP) is 3.85. The number of aryl methyl sites for hydroxylation is 1. The summed E-state index contributed by atoms with van der Waals surface area (Å²) in [6.07, 6.45) is 0. The van der Waals surface area contributed by atoms with Crippen molar-refractivity contribution in [2.75, 3.05) is 16.9 Å². The van der Waals surface area contributed by atoms with Gasteiger partial charge in [0.15, 0.2) is 5.82 Å². The van der Waals surface area contributed by atoms with Gasteiger partial charge in [0, 0.05) is 16.6 Å². The molecule has 6 nitrogen and oxygen atoms in total. The molecule has 1 amide bonds. The molecule has 3 aromatic carbocycles. The van der Waals surface area contributed by atoms with E-state index in [1.807, 2.05) is 73.7 Å². The van der Waals surface area contributed by atoms with E-state index in [4.69, 9.17) is 5.84 Å². The Balaban J connectivity index is 1.46. The third-order valence-electron chi connectivity index (χ3n) is 4.45. The summed E-state index contributed by atoms with van der Waals surface area (Å²) < 4.78 is 1.43. The van der Waals surface area contributed by atoms with Crippen LogP contribution in [0.3, 0.4) is 0 Å². The van der Waals surface area contributed by atoms with Crippen molar-refractivity contribution < 1.29 is 4.79 Å². The highest BCUT2D eigenvalue weighted by molar-refractivity contribution is 7.99. The van der Waals surface area contributed by atoms with Crippen molar-refractivity contribution in [2.45, 2.75) is 12.1 Å². The number of nitrogen functional groups attached to an aromatic ring is 1. The molecule has 7 heteroatoms. The van der Waals surface area contributed by atoms with Crippen molar-refractivity contribution >= 4 is 34.1 Å². The summed E-state index contributed by atoms with van der Waals surface area (Å²) in [6, 6.07) is 21.6. The molecule has 0 radical (unpaired) electrons. The van der Waals surface area contributed by atoms with E-state index in [-0.39, 0.29) is 11.7 Å². The maximum absolute atomic E-state index is 12.4. The number of nitrogens with zero attached hydrogens (tertiary/aromatic N) is 3. The zero-order chi connectivity index (χ0) is 19.5. The summed E-state index contributed by atoms with van der Waals surface area (Å²) in [4.78, 5) is 12.4. The monoisotopic (exact) mass is 389 g/mol. The number of hydrogen-bond donors (Lipinski definition) is 2. The highest BCUT2D eigenvalue weighted by atomic mass is 32.2. The molecule has 4 aromatic rings. The van der Waals surface area contributed by atoms with Crippen molar-refractivity contribution in [3.05, 3.63) is 72.3 Å². The molecule has 1 heterocycles. The largest absolute Gasteiger partial charge is 0.335 e. The summed E-state index contributed by atoms with van der Waals surface area (Å²) in [5.41, 5.74) is 2.77. The number of carbonyl (C=O) groups excluding carboxylic acids is 1. The van der Waals surface area contributed by atoms with Gasteiger partial charge in [0.1, 0.15) is 0 Å². The Kier molecular flexibility index (Phi) is 4.99. The van der Waals surface area contributed by atoms with Crippen LogP contribution in [0.2, 0.25) is 0 Å². The normalized spacial score (nSPS) is 10.9. The molecule has 3 N–H and O–H groups in total. The number of nitrogens with one attached hydrogen (secondary N) is 1. The highest BCUT2D eigenvalue weighted by Crippen LogP contribution is 2.25. The number of benzene rings is 3. The van der Waals surface area contributed by atoms with E-state index in [1.165, 1.54) is 16.4 Å². The van der Waals surface area contributed by atoms with Crippen molar-refractivity contribution in [2.24, 2.45) is 0 Å². The molecule has 140 valence electrons. The van der Waals surface area contributed by atoms with Crippen LogP contribution in [0, 0.1) is 6.92 Å². The minimum absolute atomic E-state index is 0.123. The van der Waals surface area contributed by atoms with Crippen LogP contribution in [0.4, 0.5) is 5.69 Å². The number of rotatable bonds is 5. The average molecular weight is 389 g/mol. The lowest BCUT2D eigenvalue weighted by atomic mass is 10.1. The van der Waals surface area contributed by atoms with Gasteiger partial charge in [-0.1, -0.05) is 72.4 Å². The Labute approximate surface area is 166 Å². The first-order valence-electron chi connectivity index (χ1n) is 8.80. The highest BCUT2D eigenvalue weighted by Gasteiger charge is 2.15. The van der Waals surface area contributed by atoms with Crippen molar-refractivity contribution in [3.8, 4) is 11.4 Å². The van der Waals surface area contributed by atoms with Gasteiger partial charge in [0.25, 0.3) is 0 Å². The number of carbonyl (C=O) groups is 1. The number of hydrogen-bond acceptors (Lipinski definition) is 5. The molecule has 0 aliphatic rings. The van der Waals surface area contributed by atoms with Gasteiger partial charge in [-0.3, -0.25) is 4.79 Å². The summed E-state index contributed by atoms with van der Waals surface area (Å²) in [5, 5.41) is 13.9. The van der Waals surface area contributed by atoms with Crippen LogP contribution in [0.5, 0.6) is 0 Å². The second-order valence-electron chi connectivity index (χ2n) is 6.35. The van der Waals surface area contributed by atoms with Crippen LogP contribution in [0.15, 0.2) is 71.9 Å². The SMILES string of the molecule is Cc1ccccc1-c1nnc(SCC(=O)Nc2cccc3ccccc23)n1N. The number of thioether (sulfide) groups is 1. The standard InChI is InChI=1S/C21H19N5OS/c1-14-7-2-4-10-16(14)20-24-25-21(26(20)22)28-13-19(27)23-18-12-6-9-15-8-3-5-11-17(15)18/h2-12H,13,22H2,1H3,(H,23,27). The van der Waals surface area contributed by atoms with Crippen LogP contribution < -0.4 is 11.2 Å². The molecular weight excluding hydrogens is 370 g/mol. The Morgan fingerprint density at radius 2 is 1.79 bits per heavy atom. The third kappa shape index (κ3) is 3.57. The topological polar surface area (TPSA) is 85.8 Å². The molecule has 0 bridgehead atoms. The lowest BCUT2D eigenvalue weighted by Gasteiger charge is -2.09. The quantitative estimate of drug-likeness (QED) is 0.400. The number of fused-ring (bicyclic) bond motifs is 1. The van der Waals surface area contributed by atoms with Gasteiger partial charge in [0.05, 0.1) is 5.75 Å². The lowest BCUT2D eigenvalue weighted by Crippen LogP contribution is -2.16. The number of anilines is 1. The molecule has 1 aromatic heterocycles. The lowest BCUT2D eigenvalue weighted by molar-refractivity contribution is -0.113. The fourth-order valence-electron chi connectivity index (χ4n) is 3.03. The maximum Gasteiger partial charge on any atom is 0.234 e. The fraction of sp³-hybridized carbons (Fsp3) is 0.0952. The van der Waals surface area contributed by atoms with E-state index >= 15 is 0 Å². The summed E-state index contributed by atoms with van der Waals surface area (Å²) in [6.45, 7) is 1.99.